The number of carbonyl (C=O) groups is 1. The van der Waals surface area contributed by atoms with E-state index in [4.69, 9.17) is 0 Å². The first kappa shape index (κ1) is 13.1. The maximum Gasteiger partial charge on any atom is 0.156 e. The highest BCUT2D eigenvalue weighted by Gasteiger charge is 2.09. The van der Waals surface area contributed by atoms with E-state index in [2.05, 4.69) is 22.0 Å². The number of nitrogens with zero attached hydrogens (tertiary/aromatic N) is 1. The second-order valence-corrected chi connectivity index (χ2v) is 5.68. The summed E-state index contributed by atoms with van der Waals surface area (Å²) in [7, 11) is 0. The third-order valence-electron chi connectivity index (χ3n) is 3.33. The number of rotatable bonds is 4. The van der Waals surface area contributed by atoms with E-state index in [0.717, 1.165) is 20.9 Å². The number of ketones is 1. The lowest BCUT2D eigenvalue weighted by Gasteiger charge is -2.05. The molecular formula is C17H14BrNO. The summed E-state index contributed by atoms with van der Waals surface area (Å²) in [6, 6.07) is 18.0. The second-order valence-electron chi connectivity index (χ2n) is 4.82. The second kappa shape index (κ2) is 5.63. The Hall–Kier alpha value is -1.87. The van der Waals surface area contributed by atoms with E-state index < -0.39 is 0 Å². The van der Waals surface area contributed by atoms with Gasteiger partial charge in [-0.1, -0.05) is 48.5 Å². The fourth-order valence-corrected chi connectivity index (χ4v) is 2.98. The van der Waals surface area contributed by atoms with Gasteiger partial charge in [0.2, 0.25) is 0 Å². The van der Waals surface area contributed by atoms with E-state index in [1.165, 1.54) is 0 Å². The van der Waals surface area contributed by atoms with Gasteiger partial charge in [0.05, 0.1) is 6.54 Å². The predicted octanol–water partition coefficient (Wildman–Crippen LogP) is 4.22. The summed E-state index contributed by atoms with van der Waals surface area (Å²) in [4.78, 5) is 12.2. The third-order valence-corrected chi connectivity index (χ3v) is 3.96. The van der Waals surface area contributed by atoms with Gasteiger partial charge in [-0.3, -0.25) is 4.79 Å². The summed E-state index contributed by atoms with van der Waals surface area (Å²) < 4.78 is 3.03. The van der Waals surface area contributed by atoms with Gasteiger partial charge in [-0.25, -0.2) is 0 Å². The summed E-state index contributed by atoms with van der Waals surface area (Å²) in [6.45, 7) is 0.404. The molecule has 2 aromatic carbocycles. The van der Waals surface area contributed by atoms with Crippen molar-refractivity contribution in [2.24, 2.45) is 0 Å². The highest BCUT2D eigenvalue weighted by molar-refractivity contribution is 9.10. The molecular weight excluding hydrogens is 314 g/mol. The van der Waals surface area contributed by atoms with Gasteiger partial charge in [0.1, 0.15) is 0 Å². The summed E-state index contributed by atoms with van der Waals surface area (Å²) in [6.07, 6.45) is 2.46. The van der Waals surface area contributed by atoms with E-state index in [1.54, 1.807) is 0 Å². The first-order valence-corrected chi connectivity index (χ1v) is 7.32. The minimum Gasteiger partial charge on any atom is -0.339 e. The minimum absolute atomic E-state index is 0.212. The van der Waals surface area contributed by atoms with Crippen LogP contribution in [0.25, 0.3) is 10.9 Å². The van der Waals surface area contributed by atoms with Gasteiger partial charge >= 0.3 is 0 Å². The van der Waals surface area contributed by atoms with Crippen molar-refractivity contribution in [1.29, 1.82) is 0 Å². The van der Waals surface area contributed by atoms with Crippen molar-refractivity contribution < 1.29 is 4.79 Å². The van der Waals surface area contributed by atoms with Gasteiger partial charge in [-0.05, 0) is 27.6 Å². The molecule has 0 saturated heterocycles. The van der Waals surface area contributed by atoms with Crippen molar-refractivity contribution in [1.82, 2.24) is 4.57 Å². The molecule has 0 spiro atoms. The van der Waals surface area contributed by atoms with Crippen LogP contribution in [0.15, 0.2) is 65.3 Å². The van der Waals surface area contributed by atoms with Crippen molar-refractivity contribution in [3.63, 3.8) is 0 Å². The van der Waals surface area contributed by atoms with Crippen molar-refractivity contribution in [3.05, 3.63) is 70.8 Å². The Bertz CT molecular complexity index is 746. The van der Waals surface area contributed by atoms with Crippen LogP contribution >= 0.6 is 15.9 Å². The molecule has 1 aromatic heterocycles. The Morgan fingerprint density at radius 1 is 1.00 bits per heavy atom. The van der Waals surface area contributed by atoms with E-state index in [0.29, 0.717) is 13.0 Å². The van der Waals surface area contributed by atoms with Crippen LogP contribution in [0, 0.1) is 0 Å². The quantitative estimate of drug-likeness (QED) is 0.703. The molecule has 0 radical (unpaired) electrons. The number of aromatic nitrogens is 1. The number of benzene rings is 2. The molecule has 0 amide bonds. The van der Waals surface area contributed by atoms with Crippen molar-refractivity contribution in [3.8, 4) is 0 Å². The highest BCUT2D eigenvalue weighted by atomic mass is 79.9. The molecule has 3 aromatic rings. The van der Waals surface area contributed by atoms with Crippen LogP contribution in [0.4, 0.5) is 0 Å². The molecule has 0 atom stereocenters. The molecule has 0 aliphatic rings. The largest absolute Gasteiger partial charge is 0.339 e. The van der Waals surface area contributed by atoms with Crippen LogP contribution in [0.2, 0.25) is 0 Å². The molecule has 0 saturated carbocycles. The van der Waals surface area contributed by atoms with Crippen LogP contribution in [0.1, 0.15) is 5.56 Å². The number of fused-ring (bicyclic) bond motifs is 1. The van der Waals surface area contributed by atoms with E-state index in [-0.39, 0.29) is 5.78 Å². The molecule has 0 fully saturated rings. The molecule has 0 unspecified atom stereocenters. The fourth-order valence-electron chi connectivity index (χ4n) is 2.40. The number of carbonyl (C=O) groups excluding carboxylic acids is 1. The molecule has 0 aliphatic carbocycles. The molecule has 100 valence electrons. The lowest BCUT2D eigenvalue weighted by Crippen LogP contribution is -2.11. The lowest BCUT2D eigenvalue weighted by molar-refractivity contribution is -0.118. The predicted molar refractivity (Wildman–Crippen MR) is 84.8 cm³/mol. The molecule has 1 heterocycles. The van der Waals surface area contributed by atoms with Gasteiger partial charge in [-0.15, -0.1) is 0 Å². The van der Waals surface area contributed by atoms with Gasteiger partial charge in [0.15, 0.2) is 5.78 Å². The summed E-state index contributed by atoms with van der Waals surface area (Å²) >= 11 is 3.54. The Labute approximate surface area is 126 Å². The van der Waals surface area contributed by atoms with E-state index in [1.807, 2.05) is 59.3 Å². The molecule has 0 bridgehead atoms. The number of para-hydroxylation sites is 1. The van der Waals surface area contributed by atoms with Crippen LogP contribution in [-0.4, -0.2) is 10.4 Å². The summed E-state index contributed by atoms with van der Waals surface area (Å²) in [5.41, 5.74) is 2.15. The molecule has 2 nitrogen and oxygen atoms in total. The summed E-state index contributed by atoms with van der Waals surface area (Å²) in [5.74, 6) is 0.212. The SMILES string of the molecule is O=C(Cc1ccccc1)Cn1cc(Br)c2ccccc21. The normalized spacial score (nSPS) is 10.8. The molecule has 3 heteroatoms. The van der Waals surface area contributed by atoms with Crippen LogP contribution in [0.5, 0.6) is 0 Å². The minimum atomic E-state index is 0.212. The third kappa shape index (κ3) is 2.68. The van der Waals surface area contributed by atoms with Gasteiger partial charge < -0.3 is 4.57 Å². The monoisotopic (exact) mass is 327 g/mol. The van der Waals surface area contributed by atoms with Crippen LogP contribution in [0.3, 0.4) is 0 Å². The van der Waals surface area contributed by atoms with Crippen LogP contribution in [-0.2, 0) is 17.8 Å². The maximum atomic E-state index is 12.2. The van der Waals surface area contributed by atoms with Gasteiger partial charge in [-0.2, -0.15) is 0 Å². The van der Waals surface area contributed by atoms with Crippen molar-refractivity contribution in [2.45, 2.75) is 13.0 Å². The lowest BCUT2D eigenvalue weighted by atomic mass is 10.1. The molecule has 3 rings (SSSR count). The Balaban J connectivity index is 1.81. The number of halogens is 1. The average Bonchev–Trinajstić information content (AvgIpc) is 2.77. The van der Waals surface area contributed by atoms with Gasteiger partial charge in [0.25, 0.3) is 0 Å². The Kier molecular flexibility index (Phi) is 3.70. The smallest absolute Gasteiger partial charge is 0.156 e. The standard InChI is InChI=1S/C17H14BrNO/c18-16-12-19(17-9-5-4-8-15(16)17)11-14(20)10-13-6-2-1-3-7-13/h1-9,12H,10-11H2. The molecule has 0 aliphatic heterocycles. The number of Topliss-reactive ketones (excluding diaryl/α,β-unsaturated/α-hetero) is 1. The average molecular weight is 328 g/mol. The highest BCUT2D eigenvalue weighted by Crippen LogP contribution is 2.25. The zero-order valence-corrected chi connectivity index (χ0v) is 12.5. The number of hydrogen-bond acceptors (Lipinski definition) is 1. The van der Waals surface area contributed by atoms with Gasteiger partial charge in [0, 0.05) is 28.0 Å². The van der Waals surface area contributed by atoms with Crippen LogP contribution < -0.4 is 0 Å². The van der Waals surface area contributed by atoms with E-state index in [9.17, 15) is 4.79 Å². The maximum absolute atomic E-state index is 12.2. The van der Waals surface area contributed by atoms with Crippen molar-refractivity contribution in [2.75, 3.05) is 0 Å². The zero-order chi connectivity index (χ0) is 13.9. The first-order chi connectivity index (χ1) is 9.74. The first-order valence-electron chi connectivity index (χ1n) is 6.53. The fraction of sp³-hybridized carbons (Fsp3) is 0.118. The number of hydrogen-bond donors (Lipinski definition) is 0. The molecule has 20 heavy (non-hydrogen) atoms. The Morgan fingerprint density at radius 3 is 2.50 bits per heavy atom. The van der Waals surface area contributed by atoms with E-state index >= 15 is 0 Å². The zero-order valence-electron chi connectivity index (χ0n) is 10.9. The summed E-state index contributed by atoms with van der Waals surface area (Å²) in [5, 5.41) is 1.14. The molecule has 0 N–H and O–H groups in total. The van der Waals surface area contributed by atoms with Crippen molar-refractivity contribution >= 4 is 32.6 Å². The Morgan fingerprint density at radius 2 is 1.70 bits per heavy atom. The topological polar surface area (TPSA) is 22.0 Å².